The van der Waals surface area contributed by atoms with Gasteiger partial charge in [-0.1, -0.05) is 20.8 Å². The first-order valence-corrected chi connectivity index (χ1v) is 5.24. The minimum absolute atomic E-state index is 0.513. The molecule has 1 heteroatoms. The highest BCUT2D eigenvalue weighted by Crippen LogP contribution is 2.39. The van der Waals surface area contributed by atoms with Gasteiger partial charge in [0.15, 0.2) is 0 Å². The quantitative estimate of drug-likeness (QED) is 0.642. The highest BCUT2D eigenvalue weighted by molar-refractivity contribution is 4.80. The lowest BCUT2D eigenvalue weighted by Gasteiger charge is -2.36. The van der Waals surface area contributed by atoms with Crippen LogP contribution in [0.4, 0.5) is 0 Å². The molecule has 0 spiro atoms. The zero-order chi connectivity index (χ0) is 9.19. The van der Waals surface area contributed by atoms with Crippen molar-refractivity contribution >= 4 is 0 Å². The van der Waals surface area contributed by atoms with Crippen LogP contribution in [-0.2, 0) is 0 Å². The molecule has 0 radical (unpaired) electrons. The second kappa shape index (κ2) is 3.78. The third-order valence-corrected chi connectivity index (χ3v) is 3.40. The Hall–Kier alpha value is -0.0400. The predicted molar refractivity (Wildman–Crippen MR) is 54.0 cm³/mol. The van der Waals surface area contributed by atoms with Gasteiger partial charge in [-0.25, -0.2) is 0 Å². The summed E-state index contributed by atoms with van der Waals surface area (Å²) in [6.07, 6.45) is 5.51. The highest BCUT2D eigenvalue weighted by atomic mass is 14.6. The Morgan fingerprint density at radius 2 is 1.58 bits per heavy atom. The van der Waals surface area contributed by atoms with E-state index in [0.717, 1.165) is 18.4 Å². The molecule has 0 aliphatic heterocycles. The molecule has 1 saturated carbocycles. The summed E-state index contributed by atoms with van der Waals surface area (Å²) in [4.78, 5) is 0. The van der Waals surface area contributed by atoms with Crippen LogP contribution in [0.25, 0.3) is 0 Å². The molecule has 0 amide bonds. The van der Waals surface area contributed by atoms with Crippen LogP contribution in [0.1, 0.15) is 46.5 Å². The standard InChI is InChI=1S/C11H23N/c1-11(2,3)10-6-4-9(8-12)5-7-10/h9-10H,4-8,12H2,1-3H3. The molecule has 0 unspecified atom stereocenters. The Bertz CT molecular complexity index is 126. The Labute approximate surface area is 76.7 Å². The molecule has 0 aromatic carbocycles. The van der Waals surface area contributed by atoms with Gasteiger partial charge in [0, 0.05) is 0 Å². The molecule has 1 nitrogen and oxygen atoms in total. The van der Waals surface area contributed by atoms with Gasteiger partial charge >= 0.3 is 0 Å². The van der Waals surface area contributed by atoms with Crippen LogP contribution in [0.2, 0.25) is 0 Å². The average molecular weight is 169 g/mol. The first-order valence-electron chi connectivity index (χ1n) is 5.24. The summed E-state index contributed by atoms with van der Waals surface area (Å²) in [5.41, 5.74) is 6.17. The van der Waals surface area contributed by atoms with Gasteiger partial charge in [0.25, 0.3) is 0 Å². The molecule has 0 heterocycles. The van der Waals surface area contributed by atoms with E-state index in [4.69, 9.17) is 5.73 Å². The van der Waals surface area contributed by atoms with E-state index in [1.807, 2.05) is 0 Å². The third-order valence-electron chi connectivity index (χ3n) is 3.40. The Morgan fingerprint density at radius 1 is 1.08 bits per heavy atom. The van der Waals surface area contributed by atoms with E-state index < -0.39 is 0 Å². The van der Waals surface area contributed by atoms with Crippen molar-refractivity contribution < 1.29 is 0 Å². The summed E-state index contributed by atoms with van der Waals surface area (Å²) in [6, 6.07) is 0. The van der Waals surface area contributed by atoms with Crippen LogP contribution in [0.5, 0.6) is 0 Å². The van der Waals surface area contributed by atoms with Crippen molar-refractivity contribution in [3.05, 3.63) is 0 Å². The fourth-order valence-electron chi connectivity index (χ4n) is 2.26. The molecule has 0 atom stereocenters. The third kappa shape index (κ3) is 2.48. The summed E-state index contributed by atoms with van der Waals surface area (Å²) in [5.74, 6) is 1.75. The smallest absolute Gasteiger partial charge is 0.00489 e. The van der Waals surface area contributed by atoms with Crippen molar-refractivity contribution in [2.24, 2.45) is 23.0 Å². The van der Waals surface area contributed by atoms with Crippen LogP contribution >= 0.6 is 0 Å². The van der Waals surface area contributed by atoms with Gasteiger partial charge in [0.2, 0.25) is 0 Å². The SMILES string of the molecule is CC(C)(C)C1CCC(CN)CC1. The number of nitrogens with two attached hydrogens (primary N) is 1. The summed E-state index contributed by atoms with van der Waals surface area (Å²) >= 11 is 0. The van der Waals surface area contributed by atoms with Crippen molar-refractivity contribution in [2.45, 2.75) is 46.5 Å². The normalized spacial score (nSPS) is 32.0. The largest absolute Gasteiger partial charge is 0.330 e. The monoisotopic (exact) mass is 169 g/mol. The fraction of sp³-hybridized carbons (Fsp3) is 1.00. The van der Waals surface area contributed by atoms with Gasteiger partial charge in [-0.15, -0.1) is 0 Å². The zero-order valence-electron chi connectivity index (χ0n) is 8.77. The first kappa shape index (κ1) is 10.0. The van der Waals surface area contributed by atoms with E-state index in [1.165, 1.54) is 25.7 Å². The highest BCUT2D eigenvalue weighted by Gasteiger charge is 2.28. The molecule has 0 aromatic rings. The lowest BCUT2D eigenvalue weighted by molar-refractivity contribution is 0.152. The van der Waals surface area contributed by atoms with Gasteiger partial charge in [0.1, 0.15) is 0 Å². The molecule has 2 N–H and O–H groups in total. The molecular weight excluding hydrogens is 146 g/mol. The number of hydrogen-bond acceptors (Lipinski definition) is 1. The molecular formula is C11H23N. The Morgan fingerprint density at radius 3 is 1.92 bits per heavy atom. The molecule has 0 aromatic heterocycles. The average Bonchev–Trinajstić information content (AvgIpc) is 2.03. The minimum atomic E-state index is 0.513. The van der Waals surface area contributed by atoms with Crippen LogP contribution < -0.4 is 5.73 Å². The van der Waals surface area contributed by atoms with E-state index in [1.54, 1.807) is 0 Å². The maximum absolute atomic E-state index is 5.66. The number of hydrogen-bond donors (Lipinski definition) is 1. The van der Waals surface area contributed by atoms with Gasteiger partial charge in [-0.2, -0.15) is 0 Å². The summed E-state index contributed by atoms with van der Waals surface area (Å²) in [6.45, 7) is 7.98. The lowest BCUT2D eigenvalue weighted by Crippen LogP contribution is -2.28. The van der Waals surface area contributed by atoms with Crippen LogP contribution in [0.15, 0.2) is 0 Å². The van der Waals surface area contributed by atoms with Gasteiger partial charge in [-0.3, -0.25) is 0 Å². The minimum Gasteiger partial charge on any atom is -0.330 e. The zero-order valence-corrected chi connectivity index (χ0v) is 8.77. The van der Waals surface area contributed by atoms with Crippen LogP contribution in [-0.4, -0.2) is 6.54 Å². The topological polar surface area (TPSA) is 26.0 Å². The van der Waals surface area contributed by atoms with E-state index in [9.17, 15) is 0 Å². The van der Waals surface area contributed by atoms with Crippen LogP contribution in [0.3, 0.4) is 0 Å². The lowest BCUT2D eigenvalue weighted by atomic mass is 9.70. The van der Waals surface area contributed by atoms with E-state index in [-0.39, 0.29) is 0 Å². The second-order valence-corrected chi connectivity index (χ2v) is 5.32. The van der Waals surface area contributed by atoms with Crippen molar-refractivity contribution in [1.29, 1.82) is 0 Å². The molecule has 0 saturated heterocycles. The van der Waals surface area contributed by atoms with Crippen molar-refractivity contribution in [3.8, 4) is 0 Å². The van der Waals surface area contributed by atoms with Crippen molar-refractivity contribution in [1.82, 2.24) is 0 Å². The maximum atomic E-state index is 5.66. The summed E-state index contributed by atoms with van der Waals surface area (Å²) in [7, 11) is 0. The van der Waals surface area contributed by atoms with Crippen molar-refractivity contribution in [3.63, 3.8) is 0 Å². The van der Waals surface area contributed by atoms with Crippen LogP contribution in [0, 0.1) is 17.3 Å². The van der Waals surface area contributed by atoms with Crippen molar-refractivity contribution in [2.75, 3.05) is 6.54 Å². The van der Waals surface area contributed by atoms with Gasteiger partial charge in [-0.05, 0) is 49.5 Å². The predicted octanol–water partition coefficient (Wildman–Crippen LogP) is 2.80. The van der Waals surface area contributed by atoms with Gasteiger partial charge in [0.05, 0.1) is 0 Å². The Kier molecular flexibility index (Phi) is 3.16. The first-order chi connectivity index (χ1) is 5.54. The van der Waals surface area contributed by atoms with Gasteiger partial charge < -0.3 is 5.73 Å². The Balaban J connectivity index is 2.36. The van der Waals surface area contributed by atoms with E-state index in [0.29, 0.717) is 5.41 Å². The molecule has 12 heavy (non-hydrogen) atoms. The number of rotatable bonds is 1. The second-order valence-electron chi connectivity index (χ2n) is 5.32. The molecule has 1 aliphatic rings. The molecule has 1 rings (SSSR count). The van der Waals surface area contributed by atoms with E-state index in [2.05, 4.69) is 20.8 Å². The molecule has 1 aliphatic carbocycles. The maximum Gasteiger partial charge on any atom is -0.00489 e. The molecule has 1 fully saturated rings. The fourth-order valence-corrected chi connectivity index (χ4v) is 2.26. The summed E-state index contributed by atoms with van der Waals surface area (Å²) in [5, 5.41) is 0. The molecule has 72 valence electrons. The van der Waals surface area contributed by atoms with E-state index >= 15 is 0 Å². The summed E-state index contributed by atoms with van der Waals surface area (Å²) < 4.78 is 0. The molecule has 0 bridgehead atoms.